The predicted molar refractivity (Wildman–Crippen MR) is 115 cm³/mol. The topological polar surface area (TPSA) is 78.9 Å². The quantitative estimate of drug-likeness (QED) is 0.351. The predicted octanol–water partition coefficient (Wildman–Crippen LogP) is 4.56. The molecular weight excluding hydrogens is 396 g/mol. The fourth-order valence-corrected chi connectivity index (χ4v) is 3.68. The van der Waals surface area contributed by atoms with Gasteiger partial charge in [0, 0.05) is 13.3 Å². The van der Waals surface area contributed by atoms with Gasteiger partial charge in [0.2, 0.25) is 0 Å². The lowest BCUT2D eigenvalue weighted by Crippen LogP contribution is -2.29. The molecule has 164 valence electrons. The fraction of sp³-hybridized carbons (Fsp3) is 0.400. The van der Waals surface area contributed by atoms with Gasteiger partial charge in [0.25, 0.3) is 0 Å². The van der Waals surface area contributed by atoms with Crippen LogP contribution in [0, 0.1) is 11.8 Å². The summed E-state index contributed by atoms with van der Waals surface area (Å²) in [5.41, 5.74) is 2.17. The Balaban J connectivity index is 1.40. The van der Waals surface area contributed by atoms with Crippen molar-refractivity contribution in [1.82, 2.24) is 0 Å². The number of rotatable bonds is 8. The summed E-state index contributed by atoms with van der Waals surface area (Å²) in [7, 11) is 0. The first-order valence-corrected chi connectivity index (χ1v) is 10.7. The highest BCUT2D eigenvalue weighted by atomic mass is 16.5. The zero-order valence-corrected chi connectivity index (χ0v) is 17.8. The van der Waals surface area contributed by atoms with Crippen LogP contribution in [0.4, 0.5) is 0 Å². The molecule has 0 atom stereocenters. The molecular formula is C25H28O6. The van der Waals surface area contributed by atoms with Gasteiger partial charge in [0.15, 0.2) is 0 Å². The largest absolute Gasteiger partial charge is 0.466 e. The zero-order chi connectivity index (χ0) is 22.1. The molecule has 2 aromatic rings. The van der Waals surface area contributed by atoms with Crippen molar-refractivity contribution >= 4 is 17.9 Å². The number of ether oxygens (including phenoxy) is 3. The molecule has 1 aliphatic carbocycles. The van der Waals surface area contributed by atoms with E-state index in [0.717, 1.165) is 11.1 Å². The van der Waals surface area contributed by atoms with Gasteiger partial charge in [-0.1, -0.05) is 42.5 Å². The Morgan fingerprint density at radius 2 is 1.29 bits per heavy atom. The summed E-state index contributed by atoms with van der Waals surface area (Å²) < 4.78 is 15.6. The molecule has 0 bridgehead atoms. The SMILES string of the molecule is CC(=O)OCCCOC(=O)C1CCC(C(=O)Oc2ccc(-c3ccccc3)cc2)CC1. The van der Waals surface area contributed by atoms with Crippen LogP contribution in [0.15, 0.2) is 54.6 Å². The van der Waals surface area contributed by atoms with Crippen molar-refractivity contribution in [2.45, 2.75) is 39.0 Å². The standard InChI is InChI=1S/C25H28O6/c1-18(26)29-16-5-17-30-24(27)21-8-10-22(11-9-21)25(28)31-23-14-12-20(13-15-23)19-6-3-2-4-7-19/h2-4,6-7,12-15,21-22H,5,8-11,16-17H2,1H3. The summed E-state index contributed by atoms with van der Waals surface area (Å²) in [5, 5.41) is 0. The molecule has 3 rings (SSSR count). The third-order valence-electron chi connectivity index (χ3n) is 5.41. The van der Waals surface area contributed by atoms with Crippen LogP contribution in [0.25, 0.3) is 11.1 Å². The van der Waals surface area contributed by atoms with Crippen LogP contribution in [0.1, 0.15) is 39.0 Å². The van der Waals surface area contributed by atoms with Crippen LogP contribution in [-0.4, -0.2) is 31.1 Å². The Morgan fingerprint density at radius 1 is 0.742 bits per heavy atom. The molecule has 0 amide bonds. The Labute approximate surface area is 182 Å². The van der Waals surface area contributed by atoms with Gasteiger partial charge < -0.3 is 14.2 Å². The van der Waals surface area contributed by atoms with E-state index < -0.39 is 0 Å². The van der Waals surface area contributed by atoms with Crippen LogP contribution >= 0.6 is 0 Å². The van der Waals surface area contributed by atoms with Crippen molar-refractivity contribution in [3.8, 4) is 16.9 Å². The number of esters is 3. The van der Waals surface area contributed by atoms with Crippen molar-refractivity contribution in [3.63, 3.8) is 0 Å². The summed E-state index contributed by atoms with van der Waals surface area (Å²) in [4.78, 5) is 35.4. The first-order valence-electron chi connectivity index (χ1n) is 10.7. The lowest BCUT2D eigenvalue weighted by molar-refractivity contribution is -0.152. The molecule has 1 aliphatic rings. The Morgan fingerprint density at radius 3 is 1.90 bits per heavy atom. The van der Waals surface area contributed by atoms with Gasteiger partial charge in [0.05, 0.1) is 25.0 Å². The van der Waals surface area contributed by atoms with Gasteiger partial charge in [-0.25, -0.2) is 0 Å². The van der Waals surface area contributed by atoms with E-state index in [4.69, 9.17) is 14.2 Å². The van der Waals surface area contributed by atoms with E-state index in [9.17, 15) is 14.4 Å². The highest BCUT2D eigenvalue weighted by Gasteiger charge is 2.31. The summed E-state index contributed by atoms with van der Waals surface area (Å²) >= 11 is 0. The van der Waals surface area contributed by atoms with Crippen LogP contribution < -0.4 is 4.74 Å². The highest BCUT2D eigenvalue weighted by molar-refractivity contribution is 5.77. The monoisotopic (exact) mass is 424 g/mol. The zero-order valence-electron chi connectivity index (χ0n) is 17.8. The average Bonchev–Trinajstić information content (AvgIpc) is 2.79. The number of carbonyl (C=O) groups is 3. The van der Waals surface area contributed by atoms with Crippen molar-refractivity contribution in [3.05, 3.63) is 54.6 Å². The van der Waals surface area contributed by atoms with Crippen molar-refractivity contribution in [1.29, 1.82) is 0 Å². The maximum absolute atomic E-state index is 12.5. The Hall–Kier alpha value is -3.15. The average molecular weight is 424 g/mol. The fourth-order valence-electron chi connectivity index (χ4n) is 3.68. The van der Waals surface area contributed by atoms with E-state index >= 15 is 0 Å². The van der Waals surface area contributed by atoms with E-state index in [-0.39, 0.29) is 43.0 Å². The molecule has 31 heavy (non-hydrogen) atoms. The second-order valence-corrected chi connectivity index (χ2v) is 7.72. The second kappa shape index (κ2) is 11.3. The molecule has 1 saturated carbocycles. The molecule has 6 nitrogen and oxygen atoms in total. The molecule has 6 heteroatoms. The second-order valence-electron chi connectivity index (χ2n) is 7.72. The first-order chi connectivity index (χ1) is 15.0. The molecule has 0 spiro atoms. The molecule has 0 aromatic heterocycles. The normalized spacial score (nSPS) is 18.1. The number of hydrogen-bond acceptors (Lipinski definition) is 6. The lowest BCUT2D eigenvalue weighted by atomic mass is 9.82. The summed E-state index contributed by atoms with van der Waals surface area (Å²) in [6.07, 6.45) is 2.91. The maximum Gasteiger partial charge on any atom is 0.314 e. The smallest absolute Gasteiger partial charge is 0.314 e. The first kappa shape index (κ1) is 22.5. The third kappa shape index (κ3) is 6.95. The molecule has 0 N–H and O–H groups in total. The van der Waals surface area contributed by atoms with Gasteiger partial charge >= 0.3 is 17.9 Å². The van der Waals surface area contributed by atoms with Crippen LogP contribution in [0.3, 0.4) is 0 Å². The number of carbonyl (C=O) groups excluding carboxylic acids is 3. The number of benzene rings is 2. The Kier molecular flexibility index (Phi) is 8.21. The lowest BCUT2D eigenvalue weighted by Gasteiger charge is -2.25. The molecule has 0 unspecified atom stereocenters. The highest BCUT2D eigenvalue weighted by Crippen LogP contribution is 2.31. The summed E-state index contributed by atoms with van der Waals surface area (Å²) in [5.74, 6) is -0.709. The van der Waals surface area contributed by atoms with Crippen molar-refractivity contribution in [2.24, 2.45) is 11.8 Å². The number of hydrogen-bond donors (Lipinski definition) is 0. The molecule has 0 aliphatic heterocycles. The minimum Gasteiger partial charge on any atom is -0.466 e. The Bertz CT molecular complexity index is 867. The van der Waals surface area contributed by atoms with Gasteiger partial charge in [-0.15, -0.1) is 0 Å². The minimum atomic E-state index is -0.344. The minimum absolute atomic E-state index is 0.192. The summed E-state index contributed by atoms with van der Waals surface area (Å²) in [6.45, 7) is 1.82. The molecule has 1 fully saturated rings. The van der Waals surface area contributed by atoms with Crippen LogP contribution in [0.5, 0.6) is 5.75 Å². The van der Waals surface area contributed by atoms with Crippen LogP contribution in [-0.2, 0) is 23.9 Å². The molecule has 0 heterocycles. The molecule has 0 radical (unpaired) electrons. The molecule has 0 saturated heterocycles. The van der Waals surface area contributed by atoms with E-state index in [0.29, 0.717) is 37.9 Å². The van der Waals surface area contributed by atoms with E-state index in [1.165, 1.54) is 6.92 Å². The van der Waals surface area contributed by atoms with E-state index in [1.54, 1.807) is 12.1 Å². The van der Waals surface area contributed by atoms with Gasteiger partial charge in [-0.2, -0.15) is 0 Å². The van der Waals surface area contributed by atoms with Crippen LogP contribution in [0.2, 0.25) is 0 Å². The van der Waals surface area contributed by atoms with E-state index in [1.807, 2.05) is 42.5 Å². The maximum atomic E-state index is 12.5. The van der Waals surface area contributed by atoms with Gasteiger partial charge in [0.1, 0.15) is 5.75 Å². The van der Waals surface area contributed by atoms with Crippen molar-refractivity contribution < 1.29 is 28.6 Å². The molecule has 2 aromatic carbocycles. The van der Waals surface area contributed by atoms with Gasteiger partial charge in [-0.3, -0.25) is 14.4 Å². The van der Waals surface area contributed by atoms with Gasteiger partial charge in [-0.05, 0) is 48.9 Å². The van der Waals surface area contributed by atoms with E-state index in [2.05, 4.69) is 0 Å². The third-order valence-corrected chi connectivity index (χ3v) is 5.41. The van der Waals surface area contributed by atoms with Crippen molar-refractivity contribution in [2.75, 3.05) is 13.2 Å². The summed E-state index contributed by atoms with van der Waals surface area (Å²) in [6, 6.07) is 17.5.